The zero-order valence-corrected chi connectivity index (χ0v) is 12.4. The average Bonchev–Trinajstić information content (AvgIpc) is 2.94. The van der Waals surface area contributed by atoms with Gasteiger partial charge in [0.05, 0.1) is 12.2 Å². The molecular weight excluding hydrogens is 260 g/mol. The first-order valence-corrected chi connectivity index (χ1v) is 7.66. The van der Waals surface area contributed by atoms with Crippen molar-refractivity contribution in [1.82, 2.24) is 0 Å². The number of aliphatic hydroxyl groups is 1. The second-order valence-corrected chi connectivity index (χ2v) is 5.88. The Morgan fingerprint density at radius 1 is 1.05 bits per heavy atom. The highest BCUT2D eigenvalue weighted by atomic mass is 16.5. The third-order valence-electron chi connectivity index (χ3n) is 4.41. The standard InChI is InChI=1S/C19H22O2/c1-14-18(11-12-21-14)19(20)17-9-7-16(8-10-17)13-15-5-3-2-4-6-15/h2-10,14,18-20H,11-13H2,1H3. The van der Waals surface area contributed by atoms with Crippen molar-refractivity contribution in [2.24, 2.45) is 5.92 Å². The Bertz CT molecular complexity index is 562. The Hall–Kier alpha value is -1.64. The van der Waals surface area contributed by atoms with Gasteiger partial charge in [0.1, 0.15) is 0 Å². The van der Waals surface area contributed by atoms with E-state index in [2.05, 4.69) is 36.4 Å². The monoisotopic (exact) mass is 282 g/mol. The van der Waals surface area contributed by atoms with Crippen molar-refractivity contribution in [3.63, 3.8) is 0 Å². The Morgan fingerprint density at radius 2 is 1.71 bits per heavy atom. The number of aliphatic hydroxyl groups excluding tert-OH is 1. The van der Waals surface area contributed by atoms with Gasteiger partial charge in [0, 0.05) is 12.5 Å². The van der Waals surface area contributed by atoms with E-state index in [4.69, 9.17) is 4.74 Å². The first-order chi connectivity index (χ1) is 10.2. The molecule has 3 atom stereocenters. The lowest BCUT2D eigenvalue weighted by molar-refractivity contribution is 0.0431. The molecule has 21 heavy (non-hydrogen) atoms. The maximum Gasteiger partial charge on any atom is 0.0843 e. The third-order valence-corrected chi connectivity index (χ3v) is 4.41. The Kier molecular flexibility index (Phi) is 4.37. The van der Waals surface area contributed by atoms with Crippen LogP contribution in [0.25, 0.3) is 0 Å². The molecule has 0 spiro atoms. The van der Waals surface area contributed by atoms with E-state index in [9.17, 15) is 5.11 Å². The summed E-state index contributed by atoms with van der Waals surface area (Å²) >= 11 is 0. The quantitative estimate of drug-likeness (QED) is 0.925. The third kappa shape index (κ3) is 3.34. The van der Waals surface area contributed by atoms with Crippen molar-refractivity contribution in [3.05, 3.63) is 71.3 Å². The molecule has 1 aliphatic rings. The molecule has 2 aromatic rings. The summed E-state index contributed by atoms with van der Waals surface area (Å²) in [7, 11) is 0. The summed E-state index contributed by atoms with van der Waals surface area (Å²) in [4.78, 5) is 0. The first-order valence-electron chi connectivity index (χ1n) is 7.66. The van der Waals surface area contributed by atoms with E-state index in [0.717, 1.165) is 25.0 Å². The lowest BCUT2D eigenvalue weighted by Crippen LogP contribution is -2.19. The molecule has 110 valence electrons. The van der Waals surface area contributed by atoms with Gasteiger partial charge in [-0.2, -0.15) is 0 Å². The smallest absolute Gasteiger partial charge is 0.0843 e. The molecule has 0 radical (unpaired) electrons. The molecule has 1 fully saturated rings. The molecule has 1 saturated heterocycles. The summed E-state index contributed by atoms with van der Waals surface area (Å²) < 4.78 is 5.55. The zero-order valence-electron chi connectivity index (χ0n) is 12.4. The Labute approximate surface area is 126 Å². The number of hydrogen-bond acceptors (Lipinski definition) is 2. The van der Waals surface area contributed by atoms with Crippen LogP contribution in [-0.4, -0.2) is 17.8 Å². The molecule has 3 rings (SSSR count). The largest absolute Gasteiger partial charge is 0.388 e. The van der Waals surface area contributed by atoms with Crippen molar-refractivity contribution in [1.29, 1.82) is 0 Å². The predicted octanol–water partition coefficient (Wildman–Crippen LogP) is 3.74. The lowest BCUT2D eigenvalue weighted by Gasteiger charge is -2.21. The zero-order chi connectivity index (χ0) is 14.7. The molecule has 1 aliphatic heterocycles. The molecule has 1 N–H and O–H groups in total. The molecule has 0 bridgehead atoms. The molecule has 0 aliphatic carbocycles. The van der Waals surface area contributed by atoms with Gasteiger partial charge in [-0.05, 0) is 36.5 Å². The van der Waals surface area contributed by atoms with Gasteiger partial charge in [-0.15, -0.1) is 0 Å². The maximum absolute atomic E-state index is 10.5. The van der Waals surface area contributed by atoms with Crippen LogP contribution in [0.5, 0.6) is 0 Å². The van der Waals surface area contributed by atoms with Crippen LogP contribution >= 0.6 is 0 Å². The van der Waals surface area contributed by atoms with Crippen molar-refractivity contribution in [3.8, 4) is 0 Å². The molecule has 2 aromatic carbocycles. The van der Waals surface area contributed by atoms with Gasteiger partial charge in [-0.1, -0.05) is 54.6 Å². The minimum atomic E-state index is -0.423. The SMILES string of the molecule is CC1OCCC1C(O)c1ccc(Cc2ccccc2)cc1. The van der Waals surface area contributed by atoms with Gasteiger partial charge in [0.2, 0.25) is 0 Å². The second-order valence-electron chi connectivity index (χ2n) is 5.88. The van der Waals surface area contributed by atoms with E-state index in [1.54, 1.807) is 0 Å². The maximum atomic E-state index is 10.5. The van der Waals surface area contributed by atoms with E-state index in [1.807, 2.05) is 25.1 Å². The van der Waals surface area contributed by atoms with Crippen molar-refractivity contribution in [2.45, 2.75) is 32.0 Å². The highest BCUT2D eigenvalue weighted by molar-refractivity contribution is 5.29. The van der Waals surface area contributed by atoms with Crippen LogP contribution in [0, 0.1) is 5.92 Å². The van der Waals surface area contributed by atoms with Gasteiger partial charge >= 0.3 is 0 Å². The first kappa shape index (κ1) is 14.3. The number of hydrogen-bond donors (Lipinski definition) is 1. The normalized spacial score (nSPS) is 23.1. The summed E-state index contributed by atoms with van der Waals surface area (Å²) in [6, 6.07) is 18.8. The van der Waals surface area contributed by atoms with Crippen LogP contribution in [0.3, 0.4) is 0 Å². The summed E-state index contributed by atoms with van der Waals surface area (Å²) in [5.41, 5.74) is 3.57. The molecule has 2 heteroatoms. The summed E-state index contributed by atoms with van der Waals surface area (Å²) in [5, 5.41) is 10.5. The van der Waals surface area contributed by atoms with Crippen LogP contribution in [-0.2, 0) is 11.2 Å². The molecular formula is C19H22O2. The predicted molar refractivity (Wildman–Crippen MR) is 84.2 cm³/mol. The Balaban J connectivity index is 1.69. The van der Waals surface area contributed by atoms with Crippen molar-refractivity contribution in [2.75, 3.05) is 6.61 Å². The van der Waals surface area contributed by atoms with Gasteiger partial charge in [0.25, 0.3) is 0 Å². The number of benzene rings is 2. The fourth-order valence-electron chi connectivity index (χ4n) is 3.07. The van der Waals surface area contributed by atoms with E-state index in [-0.39, 0.29) is 12.0 Å². The van der Waals surface area contributed by atoms with Crippen molar-refractivity contribution < 1.29 is 9.84 Å². The average molecular weight is 282 g/mol. The van der Waals surface area contributed by atoms with Gasteiger partial charge in [0.15, 0.2) is 0 Å². The highest BCUT2D eigenvalue weighted by Gasteiger charge is 2.31. The van der Waals surface area contributed by atoms with Gasteiger partial charge in [-0.3, -0.25) is 0 Å². The number of ether oxygens (including phenoxy) is 1. The molecule has 0 amide bonds. The molecule has 2 nitrogen and oxygen atoms in total. The van der Waals surface area contributed by atoms with E-state index in [1.165, 1.54) is 11.1 Å². The minimum absolute atomic E-state index is 0.143. The topological polar surface area (TPSA) is 29.5 Å². The van der Waals surface area contributed by atoms with Gasteiger partial charge in [-0.25, -0.2) is 0 Å². The van der Waals surface area contributed by atoms with E-state index >= 15 is 0 Å². The molecule has 0 aromatic heterocycles. The van der Waals surface area contributed by atoms with Crippen LogP contribution in [0.2, 0.25) is 0 Å². The van der Waals surface area contributed by atoms with Crippen LogP contribution in [0.1, 0.15) is 36.1 Å². The van der Waals surface area contributed by atoms with E-state index in [0.29, 0.717) is 0 Å². The highest BCUT2D eigenvalue weighted by Crippen LogP contribution is 2.33. The fourth-order valence-corrected chi connectivity index (χ4v) is 3.07. The molecule has 0 saturated carbocycles. The summed E-state index contributed by atoms with van der Waals surface area (Å²) in [6.45, 7) is 2.81. The van der Waals surface area contributed by atoms with E-state index < -0.39 is 6.10 Å². The summed E-state index contributed by atoms with van der Waals surface area (Å²) in [5.74, 6) is 0.213. The van der Waals surface area contributed by atoms with Crippen molar-refractivity contribution >= 4 is 0 Å². The fraction of sp³-hybridized carbons (Fsp3) is 0.368. The molecule has 1 heterocycles. The Morgan fingerprint density at radius 3 is 2.33 bits per heavy atom. The van der Waals surface area contributed by atoms with Crippen LogP contribution in [0.15, 0.2) is 54.6 Å². The molecule has 3 unspecified atom stereocenters. The van der Waals surface area contributed by atoms with Gasteiger partial charge < -0.3 is 9.84 Å². The second kappa shape index (κ2) is 6.42. The lowest BCUT2D eigenvalue weighted by atomic mass is 9.90. The number of rotatable bonds is 4. The van der Waals surface area contributed by atoms with Crippen LogP contribution < -0.4 is 0 Å². The van der Waals surface area contributed by atoms with Crippen LogP contribution in [0.4, 0.5) is 0 Å². The summed E-state index contributed by atoms with van der Waals surface area (Å²) in [6.07, 6.45) is 1.59. The minimum Gasteiger partial charge on any atom is -0.388 e.